The van der Waals surface area contributed by atoms with Crippen LogP contribution in [0.3, 0.4) is 0 Å². The van der Waals surface area contributed by atoms with Crippen molar-refractivity contribution in [3.8, 4) is 10.4 Å². The van der Waals surface area contributed by atoms with Gasteiger partial charge in [-0.05, 0) is 36.0 Å². The van der Waals surface area contributed by atoms with Crippen molar-refractivity contribution in [2.75, 3.05) is 5.32 Å². The number of rotatable bonds is 4. The van der Waals surface area contributed by atoms with Crippen LogP contribution in [0, 0.1) is 3.95 Å². The van der Waals surface area contributed by atoms with Gasteiger partial charge in [0.1, 0.15) is 6.54 Å². The number of halogens is 1. The lowest BCUT2D eigenvalue weighted by atomic mass is 10.2. The van der Waals surface area contributed by atoms with Gasteiger partial charge in [-0.25, -0.2) is 0 Å². The summed E-state index contributed by atoms with van der Waals surface area (Å²) < 4.78 is 2.54. The van der Waals surface area contributed by atoms with Crippen LogP contribution < -0.4 is 10.9 Å². The predicted octanol–water partition coefficient (Wildman–Crippen LogP) is 4.71. The lowest BCUT2D eigenvalue weighted by Crippen LogP contribution is -2.27. The largest absolute Gasteiger partial charge is 0.324 e. The van der Waals surface area contributed by atoms with Crippen molar-refractivity contribution in [3.05, 3.63) is 79.4 Å². The topological polar surface area (TPSA) is 51.1 Å². The van der Waals surface area contributed by atoms with E-state index in [-0.39, 0.29) is 18.0 Å². The van der Waals surface area contributed by atoms with Crippen molar-refractivity contribution in [2.24, 2.45) is 0 Å². The molecule has 1 N–H and O–H groups in total. The lowest BCUT2D eigenvalue weighted by Gasteiger charge is -2.09. The van der Waals surface area contributed by atoms with Crippen LogP contribution in [0.25, 0.3) is 10.4 Å². The fraction of sp³-hybridized carbons (Fsp3) is 0.0556. The van der Waals surface area contributed by atoms with E-state index in [9.17, 15) is 9.59 Å². The molecule has 2 aromatic carbocycles. The Balaban J connectivity index is 1.82. The number of amides is 1. The Labute approximate surface area is 161 Å². The van der Waals surface area contributed by atoms with E-state index in [1.54, 1.807) is 12.1 Å². The molecule has 126 valence electrons. The predicted molar refractivity (Wildman–Crippen MR) is 108 cm³/mol. The average molecular weight is 433 g/mol. The first-order valence-electron chi connectivity index (χ1n) is 7.39. The van der Waals surface area contributed by atoms with E-state index in [4.69, 9.17) is 12.2 Å². The molecule has 0 radical (unpaired) electrons. The van der Waals surface area contributed by atoms with Crippen LogP contribution in [-0.4, -0.2) is 10.5 Å². The Morgan fingerprint density at radius 1 is 1.12 bits per heavy atom. The van der Waals surface area contributed by atoms with Crippen molar-refractivity contribution in [1.29, 1.82) is 0 Å². The highest BCUT2D eigenvalue weighted by Crippen LogP contribution is 2.22. The van der Waals surface area contributed by atoms with Gasteiger partial charge in [0.05, 0.1) is 0 Å². The van der Waals surface area contributed by atoms with Crippen molar-refractivity contribution < 1.29 is 4.79 Å². The van der Waals surface area contributed by atoms with Gasteiger partial charge < -0.3 is 5.32 Å². The van der Waals surface area contributed by atoms with Gasteiger partial charge in [0.25, 0.3) is 5.56 Å². The number of carbonyl (C=O) groups is 1. The van der Waals surface area contributed by atoms with Crippen LogP contribution in [0.1, 0.15) is 0 Å². The van der Waals surface area contributed by atoms with Gasteiger partial charge in [0.15, 0.2) is 3.95 Å². The Morgan fingerprint density at radius 3 is 2.56 bits per heavy atom. The summed E-state index contributed by atoms with van der Waals surface area (Å²) in [5, 5.41) is 2.76. The number of benzene rings is 2. The molecule has 7 heteroatoms. The van der Waals surface area contributed by atoms with E-state index in [1.165, 1.54) is 22.0 Å². The van der Waals surface area contributed by atoms with Gasteiger partial charge in [-0.3, -0.25) is 14.2 Å². The molecule has 0 fully saturated rings. The fourth-order valence-electron chi connectivity index (χ4n) is 2.26. The highest BCUT2D eigenvalue weighted by Gasteiger charge is 2.09. The molecule has 3 aromatic rings. The van der Waals surface area contributed by atoms with Gasteiger partial charge in [-0.1, -0.05) is 52.3 Å². The molecule has 0 aliphatic carbocycles. The molecule has 0 spiro atoms. The lowest BCUT2D eigenvalue weighted by molar-refractivity contribution is -0.116. The van der Waals surface area contributed by atoms with Crippen molar-refractivity contribution in [2.45, 2.75) is 6.54 Å². The molecule has 0 aliphatic heterocycles. The molecule has 1 heterocycles. The Morgan fingerprint density at radius 2 is 1.88 bits per heavy atom. The van der Waals surface area contributed by atoms with Crippen LogP contribution in [0.5, 0.6) is 0 Å². The highest BCUT2D eigenvalue weighted by atomic mass is 79.9. The van der Waals surface area contributed by atoms with Gasteiger partial charge in [-0.2, -0.15) is 0 Å². The van der Waals surface area contributed by atoms with Crippen molar-refractivity contribution in [3.63, 3.8) is 0 Å². The quantitative estimate of drug-likeness (QED) is 0.607. The summed E-state index contributed by atoms with van der Waals surface area (Å²) in [6.07, 6.45) is 0. The van der Waals surface area contributed by atoms with Gasteiger partial charge >= 0.3 is 0 Å². The third-order valence-corrected chi connectivity index (χ3v) is 5.34. The normalized spacial score (nSPS) is 10.4. The average Bonchev–Trinajstić information content (AvgIpc) is 2.59. The minimum atomic E-state index is -0.300. The van der Waals surface area contributed by atoms with E-state index >= 15 is 0 Å². The molecule has 0 saturated carbocycles. The van der Waals surface area contributed by atoms with Crippen LogP contribution in [0.2, 0.25) is 0 Å². The highest BCUT2D eigenvalue weighted by molar-refractivity contribution is 9.10. The molecule has 0 atom stereocenters. The van der Waals surface area contributed by atoms with E-state index < -0.39 is 0 Å². The molecule has 25 heavy (non-hydrogen) atoms. The second-order valence-electron chi connectivity index (χ2n) is 5.23. The van der Waals surface area contributed by atoms with E-state index in [0.29, 0.717) is 9.64 Å². The summed E-state index contributed by atoms with van der Waals surface area (Å²) in [6.45, 7) is -0.115. The SMILES string of the molecule is O=C(Cn1c(=O)cc(-c2ccccc2)sc1=S)Nc1cccc(Br)c1. The number of hydrogen-bond acceptors (Lipinski definition) is 4. The summed E-state index contributed by atoms with van der Waals surface area (Å²) in [6, 6.07) is 18.3. The standard InChI is InChI=1S/C18H13BrN2O2S2/c19-13-7-4-8-14(9-13)20-16(22)11-21-17(23)10-15(25-18(21)24)12-5-2-1-3-6-12/h1-10H,11H2,(H,20,22). The zero-order chi connectivity index (χ0) is 17.8. The Hall–Kier alpha value is -2.09. The molecule has 4 nitrogen and oxygen atoms in total. The molecule has 3 rings (SSSR count). The zero-order valence-corrected chi connectivity index (χ0v) is 16.2. The summed E-state index contributed by atoms with van der Waals surface area (Å²) >= 11 is 9.99. The number of nitrogens with zero attached hydrogens (tertiary/aromatic N) is 1. The maximum absolute atomic E-state index is 12.4. The smallest absolute Gasteiger partial charge is 0.254 e. The third-order valence-electron chi connectivity index (χ3n) is 3.41. The Bertz CT molecular complexity index is 998. The summed E-state index contributed by atoms with van der Waals surface area (Å²) in [5.41, 5.74) is 1.30. The van der Waals surface area contributed by atoms with Crippen molar-refractivity contribution >= 4 is 51.1 Å². The molecule has 0 aliphatic rings. The first kappa shape index (κ1) is 17.7. The minimum Gasteiger partial charge on any atom is -0.324 e. The monoisotopic (exact) mass is 432 g/mol. The number of carbonyl (C=O) groups excluding carboxylic acids is 1. The van der Waals surface area contributed by atoms with Crippen LogP contribution in [0.4, 0.5) is 5.69 Å². The molecular formula is C18H13BrN2O2S2. The summed E-state index contributed by atoms with van der Waals surface area (Å²) in [7, 11) is 0. The number of anilines is 1. The molecule has 0 unspecified atom stereocenters. The molecule has 1 aromatic heterocycles. The van der Waals surface area contributed by atoms with Gasteiger partial charge in [0.2, 0.25) is 5.91 Å². The summed E-state index contributed by atoms with van der Waals surface area (Å²) in [5.74, 6) is -0.300. The first-order valence-corrected chi connectivity index (χ1v) is 9.40. The van der Waals surface area contributed by atoms with Gasteiger partial charge in [0, 0.05) is 21.1 Å². The minimum absolute atomic E-state index is 0.115. The fourth-order valence-corrected chi connectivity index (χ4v) is 3.95. The van der Waals surface area contributed by atoms with Crippen LogP contribution in [0.15, 0.2) is 69.9 Å². The second kappa shape index (κ2) is 7.86. The molecular weight excluding hydrogens is 420 g/mol. The molecule has 1 amide bonds. The maximum Gasteiger partial charge on any atom is 0.254 e. The number of hydrogen-bond donors (Lipinski definition) is 1. The van der Waals surface area contributed by atoms with E-state index in [0.717, 1.165) is 14.9 Å². The van der Waals surface area contributed by atoms with Crippen LogP contribution >= 0.6 is 39.5 Å². The Kier molecular flexibility index (Phi) is 5.57. The van der Waals surface area contributed by atoms with Crippen LogP contribution in [-0.2, 0) is 11.3 Å². The first-order chi connectivity index (χ1) is 12.0. The summed E-state index contributed by atoms with van der Waals surface area (Å²) in [4.78, 5) is 25.4. The zero-order valence-electron chi connectivity index (χ0n) is 12.9. The van der Waals surface area contributed by atoms with E-state index in [1.807, 2.05) is 42.5 Å². The maximum atomic E-state index is 12.4. The second-order valence-corrected chi connectivity index (χ2v) is 7.82. The molecule has 0 saturated heterocycles. The van der Waals surface area contributed by atoms with Crippen molar-refractivity contribution in [1.82, 2.24) is 4.57 Å². The van der Waals surface area contributed by atoms with E-state index in [2.05, 4.69) is 21.2 Å². The number of nitrogens with one attached hydrogen (secondary N) is 1. The molecule has 0 bridgehead atoms. The third kappa shape index (κ3) is 4.50. The van der Waals surface area contributed by atoms with Gasteiger partial charge in [-0.15, -0.1) is 11.3 Å². The number of aromatic nitrogens is 1.